The highest BCUT2D eigenvalue weighted by molar-refractivity contribution is 5.76. The molecule has 27 heavy (non-hydrogen) atoms. The molecule has 0 spiro atoms. The van der Waals surface area contributed by atoms with Gasteiger partial charge in [-0.1, -0.05) is 12.1 Å². The van der Waals surface area contributed by atoms with Crippen molar-refractivity contribution in [3.05, 3.63) is 48.4 Å². The van der Waals surface area contributed by atoms with Crippen LogP contribution in [0.1, 0.15) is 12.0 Å². The highest BCUT2D eigenvalue weighted by Gasteiger charge is 2.21. The smallest absolute Gasteiger partial charge is 0.223 e. The molecule has 1 aliphatic heterocycles. The average Bonchev–Trinajstić information content (AvgIpc) is 3.20. The van der Waals surface area contributed by atoms with E-state index in [-0.39, 0.29) is 5.91 Å². The molecule has 0 saturated carbocycles. The first-order valence-electron chi connectivity index (χ1n) is 9.04. The number of methoxy groups -OCH3 is 1. The van der Waals surface area contributed by atoms with Crippen molar-refractivity contribution in [1.82, 2.24) is 24.7 Å². The van der Waals surface area contributed by atoms with Crippen molar-refractivity contribution < 1.29 is 9.53 Å². The summed E-state index contributed by atoms with van der Waals surface area (Å²) in [4.78, 5) is 16.7. The number of anilines is 1. The zero-order valence-corrected chi connectivity index (χ0v) is 15.3. The third-order valence-corrected chi connectivity index (χ3v) is 4.93. The highest BCUT2D eigenvalue weighted by Crippen LogP contribution is 2.18. The molecule has 1 saturated heterocycles. The van der Waals surface area contributed by atoms with Crippen LogP contribution in [0.2, 0.25) is 0 Å². The number of amides is 1. The molecule has 1 amide bonds. The average molecular weight is 366 g/mol. The van der Waals surface area contributed by atoms with E-state index in [0.717, 1.165) is 55.2 Å². The Labute approximate surface area is 157 Å². The van der Waals surface area contributed by atoms with E-state index in [0.29, 0.717) is 6.42 Å². The van der Waals surface area contributed by atoms with Gasteiger partial charge in [0.15, 0.2) is 5.65 Å². The molecular formula is C19H22N6O2. The van der Waals surface area contributed by atoms with Crippen LogP contribution < -0.4 is 9.64 Å². The number of carbonyl (C=O) groups is 1. The van der Waals surface area contributed by atoms with E-state index in [4.69, 9.17) is 4.74 Å². The number of benzene rings is 1. The number of carbonyl (C=O) groups excluding carboxylic acids is 1. The molecule has 0 bridgehead atoms. The van der Waals surface area contributed by atoms with Crippen LogP contribution in [0.5, 0.6) is 5.75 Å². The van der Waals surface area contributed by atoms with Crippen LogP contribution in [-0.2, 0) is 11.2 Å². The summed E-state index contributed by atoms with van der Waals surface area (Å²) in [6.07, 6.45) is 4.67. The molecular weight excluding hydrogens is 344 g/mol. The first-order valence-corrected chi connectivity index (χ1v) is 9.04. The van der Waals surface area contributed by atoms with Gasteiger partial charge in [0.1, 0.15) is 12.1 Å². The van der Waals surface area contributed by atoms with Crippen LogP contribution in [0.15, 0.2) is 42.9 Å². The quantitative estimate of drug-likeness (QED) is 0.680. The summed E-state index contributed by atoms with van der Waals surface area (Å²) in [5.41, 5.74) is 2.89. The lowest BCUT2D eigenvalue weighted by atomic mass is 10.1. The van der Waals surface area contributed by atoms with Gasteiger partial charge in [-0.25, -0.2) is 4.52 Å². The second-order valence-corrected chi connectivity index (χ2v) is 6.56. The zero-order chi connectivity index (χ0) is 18.6. The summed E-state index contributed by atoms with van der Waals surface area (Å²) < 4.78 is 6.80. The van der Waals surface area contributed by atoms with Crippen LogP contribution in [0.4, 0.5) is 5.69 Å². The minimum absolute atomic E-state index is 0.205. The van der Waals surface area contributed by atoms with Gasteiger partial charge in [-0.15, -0.1) is 10.2 Å². The Hall–Kier alpha value is -3.16. The Morgan fingerprint density at radius 3 is 2.67 bits per heavy atom. The van der Waals surface area contributed by atoms with Crippen molar-refractivity contribution in [2.75, 3.05) is 38.2 Å². The topological polar surface area (TPSA) is 75.9 Å². The molecule has 2 aromatic heterocycles. The minimum Gasteiger partial charge on any atom is -0.497 e. The summed E-state index contributed by atoms with van der Waals surface area (Å²) in [6, 6.07) is 9.86. The molecule has 140 valence electrons. The fourth-order valence-corrected chi connectivity index (χ4v) is 3.30. The number of hydrogen-bond donors (Lipinski definition) is 0. The molecule has 1 fully saturated rings. The predicted molar refractivity (Wildman–Crippen MR) is 101 cm³/mol. The van der Waals surface area contributed by atoms with Crippen LogP contribution in [0.3, 0.4) is 0 Å². The largest absolute Gasteiger partial charge is 0.497 e. The van der Waals surface area contributed by atoms with Gasteiger partial charge in [0.05, 0.1) is 19.0 Å². The molecule has 3 heterocycles. The first-order chi connectivity index (χ1) is 13.2. The maximum Gasteiger partial charge on any atom is 0.223 e. The van der Waals surface area contributed by atoms with E-state index >= 15 is 0 Å². The van der Waals surface area contributed by atoms with Gasteiger partial charge in [0.2, 0.25) is 5.91 Å². The van der Waals surface area contributed by atoms with Gasteiger partial charge in [-0.3, -0.25) is 4.79 Å². The van der Waals surface area contributed by atoms with E-state index < -0.39 is 0 Å². The Morgan fingerprint density at radius 1 is 1.15 bits per heavy atom. The zero-order valence-electron chi connectivity index (χ0n) is 15.3. The molecule has 8 heteroatoms. The number of aromatic nitrogens is 4. The number of hydrogen-bond acceptors (Lipinski definition) is 6. The number of ether oxygens (including phenoxy) is 1. The van der Waals surface area contributed by atoms with Crippen LogP contribution in [0.25, 0.3) is 5.65 Å². The molecule has 0 radical (unpaired) electrons. The lowest BCUT2D eigenvalue weighted by Crippen LogP contribution is -2.48. The molecule has 0 N–H and O–H groups in total. The van der Waals surface area contributed by atoms with E-state index in [1.165, 1.54) is 0 Å². The standard InChI is InChI=1S/C19H22N6O2/c1-27-17-5-2-15(3-6-17)4-7-19(26)24-10-8-23(9-11-24)16-12-18-22-20-14-25(18)21-13-16/h2-3,5-6,12-14H,4,7-11H2,1H3. The Balaban J connectivity index is 1.29. The SMILES string of the molecule is COc1ccc(CCC(=O)N2CCN(c3cnn4cnnc4c3)CC2)cc1. The van der Waals surface area contributed by atoms with Crippen molar-refractivity contribution >= 4 is 17.2 Å². The van der Waals surface area contributed by atoms with Crippen molar-refractivity contribution in [1.29, 1.82) is 0 Å². The molecule has 0 unspecified atom stereocenters. The van der Waals surface area contributed by atoms with Crippen LogP contribution in [-0.4, -0.2) is 63.9 Å². The van der Waals surface area contributed by atoms with E-state index in [1.54, 1.807) is 18.0 Å². The fraction of sp³-hybridized carbons (Fsp3) is 0.368. The maximum absolute atomic E-state index is 12.5. The minimum atomic E-state index is 0.205. The van der Waals surface area contributed by atoms with Crippen LogP contribution in [0, 0.1) is 0 Å². The lowest BCUT2D eigenvalue weighted by Gasteiger charge is -2.36. The van der Waals surface area contributed by atoms with Crippen molar-refractivity contribution in [2.45, 2.75) is 12.8 Å². The summed E-state index contributed by atoms with van der Waals surface area (Å²) in [7, 11) is 1.65. The molecule has 0 atom stereocenters. The Morgan fingerprint density at radius 2 is 1.93 bits per heavy atom. The summed E-state index contributed by atoms with van der Waals surface area (Å²) in [5, 5.41) is 12.2. The molecule has 1 aromatic carbocycles. The molecule has 3 aromatic rings. The molecule has 8 nitrogen and oxygen atoms in total. The van der Waals surface area contributed by atoms with Gasteiger partial charge < -0.3 is 14.5 Å². The normalized spacial score (nSPS) is 14.6. The second-order valence-electron chi connectivity index (χ2n) is 6.56. The number of fused-ring (bicyclic) bond motifs is 1. The summed E-state index contributed by atoms with van der Waals surface area (Å²) >= 11 is 0. The monoisotopic (exact) mass is 366 g/mol. The van der Waals surface area contributed by atoms with E-state index in [9.17, 15) is 4.79 Å². The third kappa shape index (κ3) is 3.84. The molecule has 1 aliphatic rings. The maximum atomic E-state index is 12.5. The highest BCUT2D eigenvalue weighted by atomic mass is 16.5. The lowest BCUT2D eigenvalue weighted by molar-refractivity contribution is -0.131. The van der Waals surface area contributed by atoms with Crippen molar-refractivity contribution in [2.24, 2.45) is 0 Å². The first kappa shape index (κ1) is 17.3. The molecule has 0 aliphatic carbocycles. The van der Waals surface area contributed by atoms with Gasteiger partial charge in [-0.2, -0.15) is 5.10 Å². The summed E-state index contributed by atoms with van der Waals surface area (Å²) in [6.45, 7) is 3.03. The van der Waals surface area contributed by atoms with Gasteiger partial charge in [0.25, 0.3) is 0 Å². The van der Waals surface area contributed by atoms with Gasteiger partial charge >= 0.3 is 0 Å². The van der Waals surface area contributed by atoms with Crippen molar-refractivity contribution in [3.63, 3.8) is 0 Å². The molecule has 4 rings (SSSR count). The number of aryl methyl sites for hydroxylation is 1. The van der Waals surface area contributed by atoms with E-state index in [2.05, 4.69) is 20.2 Å². The second kappa shape index (κ2) is 7.61. The van der Waals surface area contributed by atoms with Crippen molar-refractivity contribution in [3.8, 4) is 5.75 Å². The predicted octanol–water partition coefficient (Wildman–Crippen LogP) is 1.41. The number of rotatable bonds is 5. The van der Waals surface area contributed by atoms with E-state index in [1.807, 2.05) is 41.4 Å². The third-order valence-electron chi connectivity index (χ3n) is 4.93. The Bertz CT molecular complexity index is 915. The number of piperazine rings is 1. The fourth-order valence-electron chi connectivity index (χ4n) is 3.30. The Kier molecular flexibility index (Phi) is 4.86. The van der Waals surface area contributed by atoms with Gasteiger partial charge in [0, 0.05) is 38.7 Å². The van der Waals surface area contributed by atoms with Gasteiger partial charge in [-0.05, 0) is 24.1 Å². The summed E-state index contributed by atoms with van der Waals surface area (Å²) in [5.74, 6) is 1.04. The van der Waals surface area contributed by atoms with Crippen LogP contribution >= 0.6 is 0 Å². The number of nitrogens with zero attached hydrogens (tertiary/aromatic N) is 6.